The molecule has 0 saturated carbocycles. The lowest BCUT2D eigenvalue weighted by atomic mass is 10.2. The molecule has 0 heterocycles. The van der Waals surface area contributed by atoms with Gasteiger partial charge in [0, 0.05) is 11.4 Å². The zero-order chi connectivity index (χ0) is 26.7. The minimum absolute atomic E-state index is 0.426. The van der Waals surface area contributed by atoms with Crippen LogP contribution in [-0.4, -0.2) is 25.2 Å². The van der Waals surface area contributed by atoms with Crippen molar-refractivity contribution >= 4 is 23.3 Å². The van der Waals surface area contributed by atoms with Crippen molar-refractivity contribution in [2.75, 3.05) is 24.7 Å². The SMILES string of the molecule is Nc1ccc(C(=O)Oc2ccc(OCCCCOc3ccc(OC(=O)c4ccc(N)cc4)cc3)cc2)cc1. The van der Waals surface area contributed by atoms with Crippen LogP contribution in [0.2, 0.25) is 0 Å². The first-order valence-corrected chi connectivity index (χ1v) is 12.1. The van der Waals surface area contributed by atoms with Crippen molar-refractivity contribution in [3.63, 3.8) is 0 Å². The number of nitrogens with two attached hydrogens (primary N) is 2. The van der Waals surface area contributed by atoms with E-state index >= 15 is 0 Å². The van der Waals surface area contributed by atoms with Gasteiger partial charge in [0.25, 0.3) is 0 Å². The van der Waals surface area contributed by atoms with E-state index in [1.54, 1.807) is 97.1 Å². The fraction of sp³-hybridized carbons (Fsp3) is 0.133. The van der Waals surface area contributed by atoms with Crippen LogP contribution in [0.3, 0.4) is 0 Å². The molecule has 0 aliphatic heterocycles. The Kier molecular flexibility index (Phi) is 8.80. The third kappa shape index (κ3) is 7.76. The lowest BCUT2D eigenvalue weighted by molar-refractivity contribution is 0.0725. The number of esters is 2. The van der Waals surface area contributed by atoms with E-state index in [0.29, 0.717) is 58.7 Å². The summed E-state index contributed by atoms with van der Waals surface area (Å²) in [6.45, 7) is 1.04. The van der Waals surface area contributed by atoms with E-state index in [0.717, 1.165) is 12.8 Å². The van der Waals surface area contributed by atoms with Crippen LogP contribution in [0.1, 0.15) is 33.6 Å². The van der Waals surface area contributed by atoms with E-state index in [2.05, 4.69) is 0 Å². The molecule has 0 aromatic heterocycles. The van der Waals surface area contributed by atoms with Crippen molar-refractivity contribution in [2.45, 2.75) is 12.8 Å². The van der Waals surface area contributed by atoms with Gasteiger partial charge in [0.1, 0.15) is 23.0 Å². The molecule has 8 heteroatoms. The largest absolute Gasteiger partial charge is 0.494 e. The summed E-state index contributed by atoms with van der Waals surface area (Å²) in [6, 6.07) is 26.8. The van der Waals surface area contributed by atoms with Gasteiger partial charge in [0.15, 0.2) is 0 Å². The van der Waals surface area contributed by atoms with Crippen LogP contribution in [0, 0.1) is 0 Å². The standard InChI is InChI=1S/C30H28N2O6/c31-23-7-3-21(4-8-23)29(33)37-27-15-11-25(12-16-27)35-19-1-2-20-36-26-13-17-28(18-14-26)38-30(34)22-5-9-24(32)10-6-22/h3-18H,1-2,19-20,31-32H2. The van der Waals surface area contributed by atoms with Crippen LogP contribution in [0.5, 0.6) is 23.0 Å². The highest BCUT2D eigenvalue weighted by molar-refractivity contribution is 5.92. The van der Waals surface area contributed by atoms with Crippen LogP contribution in [0.15, 0.2) is 97.1 Å². The van der Waals surface area contributed by atoms with E-state index in [-0.39, 0.29) is 0 Å². The number of nitrogen functional groups attached to an aromatic ring is 2. The van der Waals surface area contributed by atoms with Gasteiger partial charge in [-0.3, -0.25) is 0 Å². The fourth-order valence-corrected chi connectivity index (χ4v) is 3.36. The molecule has 8 nitrogen and oxygen atoms in total. The van der Waals surface area contributed by atoms with Gasteiger partial charge in [0.05, 0.1) is 24.3 Å². The zero-order valence-corrected chi connectivity index (χ0v) is 20.7. The Bertz CT molecular complexity index is 1230. The quantitative estimate of drug-likeness (QED) is 0.116. The van der Waals surface area contributed by atoms with E-state index in [9.17, 15) is 9.59 Å². The van der Waals surface area contributed by atoms with Gasteiger partial charge in [0.2, 0.25) is 0 Å². The summed E-state index contributed by atoms with van der Waals surface area (Å²) in [5, 5.41) is 0. The number of rotatable bonds is 11. The molecular formula is C30H28N2O6. The molecule has 0 spiro atoms. The second-order valence-corrected chi connectivity index (χ2v) is 8.37. The van der Waals surface area contributed by atoms with E-state index in [4.69, 9.17) is 30.4 Å². The lowest BCUT2D eigenvalue weighted by Crippen LogP contribution is -2.08. The first-order valence-electron chi connectivity index (χ1n) is 12.1. The molecule has 4 aromatic rings. The second kappa shape index (κ2) is 12.8. The summed E-state index contributed by atoms with van der Waals surface area (Å²) >= 11 is 0. The summed E-state index contributed by atoms with van der Waals surface area (Å²) in [5.41, 5.74) is 13.3. The van der Waals surface area contributed by atoms with Gasteiger partial charge in [-0.05, 0) is 110 Å². The molecule has 0 unspecified atom stereocenters. The highest BCUT2D eigenvalue weighted by atomic mass is 16.5. The summed E-state index contributed by atoms with van der Waals surface area (Å²) in [4.78, 5) is 24.4. The molecule has 0 radical (unpaired) electrons. The average Bonchev–Trinajstić information content (AvgIpc) is 2.93. The summed E-state index contributed by atoms with van der Waals surface area (Å²) in [6.07, 6.45) is 1.59. The molecule has 0 aliphatic rings. The van der Waals surface area contributed by atoms with Gasteiger partial charge in [-0.2, -0.15) is 0 Å². The van der Waals surface area contributed by atoms with Crippen LogP contribution in [0.25, 0.3) is 0 Å². The van der Waals surface area contributed by atoms with Crippen LogP contribution in [0.4, 0.5) is 11.4 Å². The Hall–Kier alpha value is -4.98. The Morgan fingerprint density at radius 2 is 0.789 bits per heavy atom. The van der Waals surface area contributed by atoms with Gasteiger partial charge < -0.3 is 30.4 Å². The monoisotopic (exact) mass is 512 g/mol. The minimum atomic E-state index is -0.451. The number of benzene rings is 4. The number of carbonyl (C=O) groups is 2. The smallest absolute Gasteiger partial charge is 0.343 e. The Morgan fingerprint density at radius 1 is 0.474 bits per heavy atom. The van der Waals surface area contributed by atoms with Crippen molar-refractivity contribution in [3.8, 4) is 23.0 Å². The Balaban J connectivity index is 1.11. The van der Waals surface area contributed by atoms with Crippen molar-refractivity contribution in [1.82, 2.24) is 0 Å². The summed E-state index contributed by atoms with van der Waals surface area (Å²) in [7, 11) is 0. The van der Waals surface area contributed by atoms with Crippen molar-refractivity contribution in [3.05, 3.63) is 108 Å². The van der Waals surface area contributed by atoms with Crippen molar-refractivity contribution < 1.29 is 28.5 Å². The normalized spacial score (nSPS) is 10.4. The van der Waals surface area contributed by atoms with Crippen molar-refractivity contribution in [2.24, 2.45) is 0 Å². The van der Waals surface area contributed by atoms with E-state index in [1.807, 2.05) is 0 Å². The maximum absolute atomic E-state index is 12.2. The number of unbranched alkanes of at least 4 members (excludes halogenated alkanes) is 1. The van der Waals surface area contributed by atoms with Gasteiger partial charge in [-0.25, -0.2) is 9.59 Å². The Labute approximate surface area is 220 Å². The minimum Gasteiger partial charge on any atom is -0.494 e. The number of hydrogen-bond acceptors (Lipinski definition) is 8. The van der Waals surface area contributed by atoms with E-state index < -0.39 is 11.9 Å². The maximum atomic E-state index is 12.2. The highest BCUT2D eigenvalue weighted by Gasteiger charge is 2.09. The Morgan fingerprint density at radius 3 is 1.13 bits per heavy atom. The maximum Gasteiger partial charge on any atom is 0.343 e. The first-order chi connectivity index (χ1) is 18.5. The molecule has 0 amide bonds. The topological polar surface area (TPSA) is 123 Å². The predicted octanol–water partition coefficient (Wildman–Crippen LogP) is 5.53. The molecule has 4 aromatic carbocycles. The van der Waals surface area contributed by atoms with Gasteiger partial charge >= 0.3 is 11.9 Å². The average molecular weight is 513 g/mol. The van der Waals surface area contributed by atoms with Crippen LogP contribution >= 0.6 is 0 Å². The molecule has 4 rings (SSSR count). The molecule has 0 aliphatic carbocycles. The van der Waals surface area contributed by atoms with Crippen LogP contribution in [-0.2, 0) is 0 Å². The van der Waals surface area contributed by atoms with Crippen LogP contribution < -0.4 is 30.4 Å². The number of anilines is 2. The molecule has 0 atom stereocenters. The van der Waals surface area contributed by atoms with Gasteiger partial charge in [-0.15, -0.1) is 0 Å². The molecular weight excluding hydrogens is 484 g/mol. The molecule has 4 N–H and O–H groups in total. The zero-order valence-electron chi connectivity index (χ0n) is 20.7. The number of ether oxygens (including phenoxy) is 4. The third-order valence-corrected chi connectivity index (χ3v) is 5.44. The second-order valence-electron chi connectivity index (χ2n) is 8.37. The predicted molar refractivity (Wildman–Crippen MR) is 145 cm³/mol. The first kappa shape index (κ1) is 26.1. The molecule has 38 heavy (non-hydrogen) atoms. The molecule has 194 valence electrons. The summed E-state index contributed by atoms with van der Waals surface area (Å²) in [5.74, 6) is 1.32. The number of carbonyl (C=O) groups excluding carboxylic acids is 2. The van der Waals surface area contributed by atoms with E-state index in [1.165, 1.54) is 0 Å². The highest BCUT2D eigenvalue weighted by Crippen LogP contribution is 2.21. The lowest BCUT2D eigenvalue weighted by Gasteiger charge is -2.09. The molecule has 0 bridgehead atoms. The third-order valence-electron chi connectivity index (χ3n) is 5.44. The molecule has 0 fully saturated rings. The number of hydrogen-bond donors (Lipinski definition) is 2. The van der Waals surface area contributed by atoms with Gasteiger partial charge in [-0.1, -0.05) is 0 Å². The van der Waals surface area contributed by atoms with Crippen molar-refractivity contribution in [1.29, 1.82) is 0 Å². The fourth-order valence-electron chi connectivity index (χ4n) is 3.36. The molecule has 0 saturated heterocycles. The summed E-state index contributed by atoms with van der Waals surface area (Å²) < 4.78 is 22.2.